The highest BCUT2D eigenvalue weighted by Gasteiger charge is 2.35. The molecule has 0 spiro atoms. The number of hydrogen-bond acceptors (Lipinski definition) is 2. The molecule has 0 radical (unpaired) electrons. The monoisotopic (exact) mass is 360 g/mol. The van der Waals surface area contributed by atoms with Crippen molar-refractivity contribution >= 4 is 55.2 Å². The molecular formula is C21H10F2N2O2. The minimum atomic E-state index is -0.477. The number of nitrogens with one attached hydrogen (secondary N) is 2. The van der Waals surface area contributed by atoms with Gasteiger partial charge in [-0.1, -0.05) is 12.1 Å². The van der Waals surface area contributed by atoms with E-state index in [1.807, 2.05) is 0 Å². The van der Waals surface area contributed by atoms with Crippen LogP contribution in [0, 0.1) is 11.6 Å². The number of hydrogen-bond donors (Lipinski definition) is 2. The van der Waals surface area contributed by atoms with E-state index in [0.717, 1.165) is 0 Å². The Labute approximate surface area is 149 Å². The van der Waals surface area contributed by atoms with Crippen LogP contribution in [0.2, 0.25) is 0 Å². The first-order valence-corrected chi connectivity index (χ1v) is 8.48. The van der Waals surface area contributed by atoms with Gasteiger partial charge in [0.05, 0.1) is 17.5 Å². The third-order valence-electron chi connectivity index (χ3n) is 5.43. The van der Waals surface area contributed by atoms with Gasteiger partial charge in [0.2, 0.25) is 0 Å². The summed E-state index contributed by atoms with van der Waals surface area (Å²) in [5.74, 6) is -1.68. The van der Waals surface area contributed by atoms with Crippen molar-refractivity contribution in [2.75, 3.05) is 0 Å². The van der Waals surface area contributed by atoms with E-state index in [4.69, 9.17) is 0 Å². The lowest BCUT2D eigenvalue weighted by Gasteiger charge is -2.04. The molecule has 4 nitrogen and oxygen atoms in total. The number of aromatic amines is 2. The number of ketones is 2. The molecule has 2 heterocycles. The average molecular weight is 360 g/mol. The quantitative estimate of drug-likeness (QED) is 0.382. The summed E-state index contributed by atoms with van der Waals surface area (Å²) < 4.78 is 29.2. The van der Waals surface area contributed by atoms with Crippen LogP contribution < -0.4 is 0 Å². The van der Waals surface area contributed by atoms with Crippen molar-refractivity contribution in [3.05, 3.63) is 59.2 Å². The molecule has 27 heavy (non-hydrogen) atoms. The van der Waals surface area contributed by atoms with Crippen molar-refractivity contribution in [3.8, 4) is 0 Å². The molecule has 0 fully saturated rings. The molecule has 0 saturated heterocycles. The van der Waals surface area contributed by atoms with Gasteiger partial charge in [0, 0.05) is 43.7 Å². The number of benzene rings is 3. The third kappa shape index (κ3) is 1.61. The van der Waals surface area contributed by atoms with Gasteiger partial charge in [0.15, 0.2) is 11.6 Å². The Morgan fingerprint density at radius 2 is 1.11 bits per heavy atom. The maximum atomic E-state index is 14.6. The van der Waals surface area contributed by atoms with Crippen LogP contribution in [0.4, 0.5) is 8.78 Å². The highest BCUT2D eigenvalue weighted by molar-refractivity contribution is 6.40. The normalized spacial score (nSPS) is 14.3. The van der Waals surface area contributed by atoms with E-state index >= 15 is 0 Å². The lowest BCUT2D eigenvalue weighted by atomic mass is 9.96. The fourth-order valence-corrected chi connectivity index (χ4v) is 4.41. The molecule has 6 rings (SSSR count). The molecule has 6 heteroatoms. The van der Waals surface area contributed by atoms with Crippen LogP contribution in [0.1, 0.15) is 27.1 Å². The fourth-order valence-electron chi connectivity index (χ4n) is 4.41. The van der Waals surface area contributed by atoms with E-state index in [2.05, 4.69) is 9.97 Å². The lowest BCUT2D eigenvalue weighted by molar-refractivity contribution is 0.0924. The fraction of sp³-hybridized carbons (Fsp3) is 0.0476. The highest BCUT2D eigenvalue weighted by atomic mass is 19.1. The summed E-state index contributed by atoms with van der Waals surface area (Å²) in [7, 11) is 0. The topological polar surface area (TPSA) is 65.7 Å². The van der Waals surface area contributed by atoms with Gasteiger partial charge in [-0.15, -0.1) is 0 Å². The van der Waals surface area contributed by atoms with Crippen molar-refractivity contribution in [2.24, 2.45) is 0 Å². The molecule has 0 amide bonds. The zero-order chi connectivity index (χ0) is 18.4. The van der Waals surface area contributed by atoms with Crippen LogP contribution in [-0.4, -0.2) is 21.5 Å². The van der Waals surface area contributed by atoms with Crippen LogP contribution in [0.5, 0.6) is 0 Å². The minimum absolute atomic E-state index is 0.183. The van der Waals surface area contributed by atoms with E-state index in [0.29, 0.717) is 32.8 Å². The molecule has 2 aromatic heterocycles. The smallest absolute Gasteiger partial charge is 0.172 e. The number of carbonyl (C=O) groups excluding carboxylic acids is 2. The molecule has 0 bridgehead atoms. The van der Waals surface area contributed by atoms with E-state index in [9.17, 15) is 18.4 Å². The van der Waals surface area contributed by atoms with E-state index < -0.39 is 11.6 Å². The summed E-state index contributed by atoms with van der Waals surface area (Å²) in [6.45, 7) is 0. The van der Waals surface area contributed by atoms with Crippen LogP contribution in [0.25, 0.3) is 43.6 Å². The highest BCUT2D eigenvalue weighted by Crippen LogP contribution is 2.44. The zero-order valence-corrected chi connectivity index (χ0v) is 13.7. The number of halogens is 2. The second-order valence-electron chi connectivity index (χ2n) is 6.85. The van der Waals surface area contributed by atoms with Crippen molar-refractivity contribution in [1.29, 1.82) is 0 Å². The molecule has 5 aromatic rings. The number of Topliss-reactive ketones (excluding diaryl/α,β-unsaturated/α-hetero) is 2. The van der Waals surface area contributed by atoms with Gasteiger partial charge in [0.25, 0.3) is 0 Å². The van der Waals surface area contributed by atoms with E-state index in [1.54, 1.807) is 24.3 Å². The molecule has 130 valence electrons. The molecule has 3 aromatic carbocycles. The Morgan fingerprint density at radius 1 is 0.667 bits per heavy atom. The molecule has 0 saturated carbocycles. The Bertz CT molecular complexity index is 1390. The summed E-state index contributed by atoms with van der Waals surface area (Å²) in [4.78, 5) is 31.6. The standard InChI is InChI=1S/C21H10F2N2O2/c22-8-3-1-5-10-14(8)18-16-12(26)7-13(27)17(16)19-15-9(23)4-2-6-11(15)25-21(19)20(18)24-10/h1-6,24-25H,7H2. The van der Waals surface area contributed by atoms with Gasteiger partial charge in [-0.2, -0.15) is 0 Å². The Morgan fingerprint density at radius 3 is 1.56 bits per heavy atom. The predicted octanol–water partition coefficient (Wildman–Crippen LogP) is 5.00. The Balaban J connectivity index is 2.04. The largest absolute Gasteiger partial charge is 0.353 e. The molecule has 1 aliphatic rings. The van der Waals surface area contributed by atoms with Gasteiger partial charge >= 0.3 is 0 Å². The number of aromatic nitrogens is 2. The van der Waals surface area contributed by atoms with E-state index in [-0.39, 0.29) is 39.9 Å². The SMILES string of the molecule is O=C1CC(=O)c2c1c1c([nH]c3cccc(F)c31)c1[nH]c3cccc(F)c3c21. The van der Waals surface area contributed by atoms with Crippen molar-refractivity contribution in [3.63, 3.8) is 0 Å². The molecule has 2 N–H and O–H groups in total. The second-order valence-corrected chi connectivity index (χ2v) is 6.85. The van der Waals surface area contributed by atoms with Gasteiger partial charge < -0.3 is 9.97 Å². The summed E-state index contributed by atoms with van der Waals surface area (Å²) >= 11 is 0. The number of rotatable bonds is 0. The minimum Gasteiger partial charge on any atom is -0.353 e. The third-order valence-corrected chi connectivity index (χ3v) is 5.43. The van der Waals surface area contributed by atoms with Crippen LogP contribution >= 0.6 is 0 Å². The maximum Gasteiger partial charge on any atom is 0.172 e. The summed E-state index contributed by atoms with van der Waals surface area (Å²) in [5, 5.41) is 1.31. The van der Waals surface area contributed by atoms with Crippen LogP contribution in [0.3, 0.4) is 0 Å². The van der Waals surface area contributed by atoms with Crippen molar-refractivity contribution < 1.29 is 18.4 Å². The first-order chi connectivity index (χ1) is 13.1. The first-order valence-electron chi connectivity index (χ1n) is 8.48. The lowest BCUT2D eigenvalue weighted by Crippen LogP contribution is -1.95. The van der Waals surface area contributed by atoms with Crippen molar-refractivity contribution in [2.45, 2.75) is 6.42 Å². The van der Waals surface area contributed by atoms with E-state index in [1.165, 1.54) is 12.1 Å². The molecule has 0 atom stereocenters. The van der Waals surface area contributed by atoms with Gasteiger partial charge in [0.1, 0.15) is 11.6 Å². The average Bonchev–Trinajstić information content (AvgIpc) is 3.27. The maximum absolute atomic E-state index is 14.6. The van der Waals surface area contributed by atoms with Gasteiger partial charge in [-0.3, -0.25) is 9.59 Å². The predicted molar refractivity (Wildman–Crippen MR) is 98.4 cm³/mol. The summed E-state index contributed by atoms with van der Waals surface area (Å²) in [6, 6.07) is 9.20. The zero-order valence-electron chi connectivity index (χ0n) is 13.7. The molecule has 0 unspecified atom stereocenters. The second kappa shape index (κ2) is 4.59. The molecule has 0 aliphatic heterocycles. The van der Waals surface area contributed by atoms with Crippen LogP contribution in [-0.2, 0) is 0 Å². The van der Waals surface area contributed by atoms with Crippen LogP contribution in [0.15, 0.2) is 36.4 Å². The van der Waals surface area contributed by atoms with Gasteiger partial charge in [-0.25, -0.2) is 8.78 Å². The number of carbonyl (C=O) groups is 2. The summed E-state index contributed by atoms with van der Waals surface area (Å²) in [5.41, 5.74) is 2.41. The Kier molecular flexibility index (Phi) is 2.49. The molecular weight excluding hydrogens is 350 g/mol. The summed E-state index contributed by atoms with van der Waals surface area (Å²) in [6.07, 6.45) is -0.286. The van der Waals surface area contributed by atoms with Gasteiger partial charge in [-0.05, 0) is 24.3 Å². The number of H-pyrrole nitrogens is 2. The van der Waals surface area contributed by atoms with Crippen molar-refractivity contribution in [1.82, 2.24) is 9.97 Å². The Hall–Kier alpha value is -3.54. The molecule has 1 aliphatic carbocycles. The number of fused-ring (bicyclic) bond motifs is 10. The first kappa shape index (κ1) is 14.6.